The summed E-state index contributed by atoms with van der Waals surface area (Å²) in [6.45, 7) is 8.39. The lowest BCUT2D eigenvalue weighted by Crippen LogP contribution is -2.45. The number of guanidine groups is 1. The maximum Gasteiger partial charge on any atom is 0.250 e. The Morgan fingerprint density at radius 2 is 2.11 bits per heavy atom. The summed E-state index contributed by atoms with van der Waals surface area (Å²) in [6.07, 6.45) is 1.39. The molecular formula is C17H30IN5O3S2. The van der Waals surface area contributed by atoms with Crippen molar-refractivity contribution in [3.63, 3.8) is 0 Å². The third kappa shape index (κ3) is 7.48. The Bertz CT molecular complexity index is 767. The summed E-state index contributed by atoms with van der Waals surface area (Å²) < 4.78 is 27.3. The molecule has 0 bridgehead atoms. The molecule has 3 N–H and O–H groups in total. The zero-order valence-electron chi connectivity index (χ0n) is 16.5. The molecule has 0 saturated carbocycles. The molecule has 28 heavy (non-hydrogen) atoms. The number of hydrogen-bond donors (Lipinski definition) is 3. The van der Waals surface area contributed by atoms with Crippen LogP contribution in [0.4, 0.5) is 0 Å². The van der Waals surface area contributed by atoms with Gasteiger partial charge >= 0.3 is 0 Å². The third-order valence-electron chi connectivity index (χ3n) is 4.18. The van der Waals surface area contributed by atoms with Crippen LogP contribution in [-0.2, 0) is 14.8 Å². The molecule has 0 spiro atoms. The van der Waals surface area contributed by atoms with Gasteiger partial charge in [0.25, 0.3) is 0 Å². The molecule has 2 heterocycles. The van der Waals surface area contributed by atoms with Crippen molar-refractivity contribution < 1.29 is 13.2 Å². The molecule has 8 nitrogen and oxygen atoms in total. The summed E-state index contributed by atoms with van der Waals surface area (Å²) in [6, 6.07) is 3.56. The molecule has 11 heteroatoms. The van der Waals surface area contributed by atoms with Crippen LogP contribution in [0.15, 0.2) is 21.3 Å². The summed E-state index contributed by atoms with van der Waals surface area (Å²) >= 11 is 1.25. The van der Waals surface area contributed by atoms with E-state index in [2.05, 4.69) is 20.3 Å². The summed E-state index contributed by atoms with van der Waals surface area (Å²) in [5, 5.41) is 6.49. The van der Waals surface area contributed by atoms with E-state index in [0.717, 1.165) is 17.8 Å². The predicted octanol–water partition coefficient (Wildman–Crippen LogP) is 1.52. The summed E-state index contributed by atoms with van der Waals surface area (Å²) in [4.78, 5) is 19.0. The Labute approximate surface area is 188 Å². The van der Waals surface area contributed by atoms with E-state index in [4.69, 9.17) is 0 Å². The molecule has 1 amide bonds. The number of aliphatic imine (C=N–C) groups is 1. The number of sulfonamides is 1. The van der Waals surface area contributed by atoms with E-state index in [1.807, 2.05) is 25.7 Å². The molecule has 1 atom stereocenters. The van der Waals surface area contributed by atoms with Crippen molar-refractivity contribution in [3.8, 4) is 0 Å². The van der Waals surface area contributed by atoms with Gasteiger partial charge in [-0.3, -0.25) is 9.79 Å². The normalized spacial score (nSPS) is 17.3. The van der Waals surface area contributed by atoms with E-state index in [1.165, 1.54) is 11.3 Å². The van der Waals surface area contributed by atoms with Crippen molar-refractivity contribution in [1.82, 2.24) is 20.3 Å². The second kappa shape index (κ2) is 11.9. The standard InChI is InChI=1S/C17H29N5O3S2.HI/c1-4-15(23)22-11-8-14(12-22)21-17(18-5-2)19-9-10-20-27(24,25)16-7-6-13(3)26-16;/h6-7,14,20H,4-5,8-12H2,1-3H3,(H2,18,19,21);1H. The van der Waals surface area contributed by atoms with Gasteiger partial charge < -0.3 is 15.5 Å². The van der Waals surface area contributed by atoms with Crippen LogP contribution in [0.5, 0.6) is 0 Å². The smallest absolute Gasteiger partial charge is 0.250 e. The van der Waals surface area contributed by atoms with Crippen molar-refractivity contribution in [1.29, 1.82) is 0 Å². The van der Waals surface area contributed by atoms with Crippen LogP contribution in [0.2, 0.25) is 0 Å². The highest BCUT2D eigenvalue weighted by atomic mass is 127. The van der Waals surface area contributed by atoms with Crippen LogP contribution >= 0.6 is 35.3 Å². The minimum Gasteiger partial charge on any atom is -0.357 e. The fourth-order valence-electron chi connectivity index (χ4n) is 2.82. The van der Waals surface area contributed by atoms with E-state index >= 15 is 0 Å². The molecule has 1 fully saturated rings. The number of carbonyl (C=O) groups excluding carboxylic acids is 1. The van der Waals surface area contributed by atoms with E-state index in [-0.39, 0.29) is 42.5 Å². The molecule has 2 rings (SSSR count). The van der Waals surface area contributed by atoms with Crippen molar-refractivity contribution in [2.45, 2.75) is 43.9 Å². The van der Waals surface area contributed by atoms with Gasteiger partial charge in [-0.25, -0.2) is 13.1 Å². The van der Waals surface area contributed by atoms with E-state index < -0.39 is 10.0 Å². The van der Waals surface area contributed by atoms with Gasteiger partial charge in [0, 0.05) is 43.5 Å². The van der Waals surface area contributed by atoms with Crippen LogP contribution < -0.4 is 15.4 Å². The number of aryl methyl sites for hydroxylation is 1. The van der Waals surface area contributed by atoms with Crippen molar-refractivity contribution in [2.75, 3.05) is 32.7 Å². The van der Waals surface area contributed by atoms with Crippen LogP contribution in [-0.4, -0.2) is 64.0 Å². The van der Waals surface area contributed by atoms with Gasteiger partial charge in [0.05, 0.1) is 6.54 Å². The molecular weight excluding hydrogens is 513 g/mol. The molecule has 1 aromatic rings. The quantitative estimate of drug-likeness (QED) is 0.200. The zero-order valence-corrected chi connectivity index (χ0v) is 20.5. The fourth-order valence-corrected chi connectivity index (χ4v) is 5.17. The summed E-state index contributed by atoms with van der Waals surface area (Å²) in [5.74, 6) is 0.805. The highest BCUT2D eigenvalue weighted by Crippen LogP contribution is 2.19. The molecule has 1 aliphatic rings. The number of carbonyl (C=O) groups is 1. The summed E-state index contributed by atoms with van der Waals surface area (Å²) in [7, 11) is -3.48. The molecule has 1 unspecified atom stereocenters. The zero-order chi connectivity index (χ0) is 19.9. The molecule has 160 valence electrons. The van der Waals surface area contributed by atoms with Crippen LogP contribution in [0.1, 0.15) is 31.6 Å². The highest BCUT2D eigenvalue weighted by molar-refractivity contribution is 14.0. The maximum atomic E-state index is 12.2. The summed E-state index contributed by atoms with van der Waals surface area (Å²) in [5.41, 5.74) is 0. The number of halogens is 1. The molecule has 0 radical (unpaired) electrons. The minimum atomic E-state index is -3.48. The lowest BCUT2D eigenvalue weighted by atomic mass is 10.3. The Hall–Kier alpha value is -0.920. The van der Waals surface area contributed by atoms with E-state index in [9.17, 15) is 13.2 Å². The molecule has 1 aliphatic heterocycles. The fraction of sp³-hybridized carbons (Fsp3) is 0.647. The number of nitrogens with one attached hydrogen (secondary N) is 3. The van der Waals surface area contributed by atoms with Crippen LogP contribution in [0.25, 0.3) is 0 Å². The SMILES string of the molecule is CCNC(=NCCNS(=O)(=O)c1ccc(C)s1)NC1CCN(C(=O)CC)C1.I. The van der Waals surface area contributed by atoms with Crippen molar-refractivity contribution >= 4 is 57.2 Å². The predicted molar refractivity (Wildman–Crippen MR) is 124 cm³/mol. The highest BCUT2D eigenvalue weighted by Gasteiger charge is 2.25. The Balaban J connectivity index is 0.00000392. The Morgan fingerprint density at radius 1 is 1.36 bits per heavy atom. The number of thiophene rings is 1. The molecule has 0 aliphatic carbocycles. The maximum absolute atomic E-state index is 12.2. The Kier molecular flexibility index (Phi) is 10.7. The first kappa shape index (κ1) is 25.1. The molecule has 1 saturated heterocycles. The van der Waals surface area contributed by atoms with Crippen LogP contribution in [0.3, 0.4) is 0 Å². The average molecular weight is 543 g/mol. The number of hydrogen-bond acceptors (Lipinski definition) is 5. The van der Waals surface area contributed by atoms with Gasteiger partial charge in [0.15, 0.2) is 5.96 Å². The van der Waals surface area contributed by atoms with Gasteiger partial charge in [-0.15, -0.1) is 35.3 Å². The first-order valence-electron chi connectivity index (χ1n) is 9.24. The molecule has 1 aromatic heterocycles. The lowest BCUT2D eigenvalue weighted by Gasteiger charge is -2.18. The van der Waals surface area contributed by atoms with Crippen molar-refractivity contribution in [2.24, 2.45) is 4.99 Å². The third-order valence-corrected chi connectivity index (χ3v) is 7.14. The van der Waals surface area contributed by atoms with Crippen LogP contribution in [0, 0.1) is 6.92 Å². The largest absolute Gasteiger partial charge is 0.357 e. The second-order valence-electron chi connectivity index (χ2n) is 6.35. The second-order valence-corrected chi connectivity index (χ2v) is 9.63. The first-order valence-corrected chi connectivity index (χ1v) is 11.5. The minimum absolute atomic E-state index is 0. The Morgan fingerprint density at radius 3 is 2.71 bits per heavy atom. The lowest BCUT2D eigenvalue weighted by molar-refractivity contribution is -0.129. The van der Waals surface area contributed by atoms with Gasteiger partial charge in [-0.1, -0.05) is 6.92 Å². The van der Waals surface area contributed by atoms with Gasteiger partial charge in [-0.2, -0.15) is 0 Å². The van der Waals surface area contributed by atoms with Crippen molar-refractivity contribution in [3.05, 3.63) is 17.0 Å². The van der Waals surface area contributed by atoms with Gasteiger partial charge in [-0.05, 0) is 32.4 Å². The number of nitrogens with zero attached hydrogens (tertiary/aromatic N) is 2. The monoisotopic (exact) mass is 543 g/mol. The topological polar surface area (TPSA) is 103 Å². The number of amides is 1. The number of rotatable bonds is 8. The first-order chi connectivity index (χ1) is 12.9. The van der Waals surface area contributed by atoms with E-state index in [0.29, 0.717) is 36.2 Å². The number of likely N-dealkylation sites (tertiary alicyclic amines) is 1. The molecule has 0 aromatic carbocycles. The van der Waals surface area contributed by atoms with E-state index in [1.54, 1.807) is 12.1 Å². The van der Waals surface area contributed by atoms with Gasteiger partial charge in [0.2, 0.25) is 15.9 Å². The average Bonchev–Trinajstić information content (AvgIpc) is 3.27. The van der Waals surface area contributed by atoms with Gasteiger partial charge in [0.1, 0.15) is 4.21 Å².